The fourth-order valence-corrected chi connectivity index (χ4v) is 1.62. The molecule has 6 nitrogen and oxygen atoms in total. The van der Waals surface area contributed by atoms with Crippen molar-refractivity contribution in [3.8, 4) is 0 Å². The van der Waals surface area contributed by atoms with Gasteiger partial charge in [0.25, 0.3) is 0 Å². The zero-order valence-electron chi connectivity index (χ0n) is 10.4. The molecule has 0 radical (unpaired) electrons. The van der Waals surface area contributed by atoms with Gasteiger partial charge >= 0.3 is 6.18 Å². The Balaban J connectivity index is 1.91. The largest absolute Gasteiger partial charge is 0.416 e. The van der Waals surface area contributed by atoms with E-state index >= 15 is 0 Å². The van der Waals surface area contributed by atoms with Crippen LogP contribution in [0.25, 0.3) is 0 Å². The van der Waals surface area contributed by atoms with Gasteiger partial charge in [0, 0.05) is 19.3 Å². The third kappa shape index (κ3) is 3.84. The molecule has 2 heterocycles. The lowest BCUT2D eigenvalue weighted by molar-refractivity contribution is -0.137. The van der Waals surface area contributed by atoms with E-state index in [2.05, 4.69) is 20.6 Å². The molecule has 0 saturated heterocycles. The van der Waals surface area contributed by atoms with Crippen LogP contribution in [0.5, 0.6) is 0 Å². The van der Waals surface area contributed by atoms with Crippen molar-refractivity contribution in [2.75, 3.05) is 17.6 Å². The van der Waals surface area contributed by atoms with Gasteiger partial charge in [-0.2, -0.15) is 13.2 Å². The van der Waals surface area contributed by atoms with Crippen LogP contribution in [0, 0.1) is 0 Å². The molecule has 2 rings (SSSR count). The van der Waals surface area contributed by atoms with Crippen LogP contribution < -0.4 is 11.1 Å². The van der Waals surface area contributed by atoms with E-state index in [-0.39, 0.29) is 11.6 Å². The third-order valence-corrected chi connectivity index (χ3v) is 2.51. The molecule has 0 spiro atoms. The van der Waals surface area contributed by atoms with Crippen molar-refractivity contribution in [1.29, 1.82) is 0 Å². The molecule has 0 atom stereocenters. The molecule has 0 bridgehead atoms. The summed E-state index contributed by atoms with van der Waals surface area (Å²) in [6.45, 7) is 1.06. The molecule has 0 unspecified atom stereocenters. The highest BCUT2D eigenvalue weighted by atomic mass is 19.4. The van der Waals surface area contributed by atoms with Gasteiger partial charge in [-0.1, -0.05) is 5.21 Å². The Hall–Kier alpha value is -2.32. The van der Waals surface area contributed by atoms with Crippen LogP contribution in [0.4, 0.5) is 24.8 Å². The number of hydrogen-bond donors (Lipinski definition) is 2. The summed E-state index contributed by atoms with van der Waals surface area (Å²) in [7, 11) is 0. The molecule has 0 aliphatic carbocycles. The molecular formula is C11H13F3N6. The Morgan fingerprint density at radius 3 is 2.75 bits per heavy atom. The minimum atomic E-state index is -4.44. The van der Waals surface area contributed by atoms with Crippen molar-refractivity contribution >= 4 is 11.6 Å². The predicted molar refractivity (Wildman–Crippen MR) is 66.8 cm³/mol. The minimum Gasteiger partial charge on any atom is -0.384 e. The van der Waals surface area contributed by atoms with Gasteiger partial charge in [-0.25, -0.2) is 4.98 Å². The SMILES string of the molecule is Nc1cc(C(F)(F)F)cc(NCCCn2ccnn2)n1. The van der Waals surface area contributed by atoms with E-state index < -0.39 is 11.7 Å². The third-order valence-electron chi connectivity index (χ3n) is 2.51. The maximum Gasteiger partial charge on any atom is 0.416 e. The number of nitrogens with one attached hydrogen (secondary N) is 1. The molecule has 2 aromatic rings. The van der Waals surface area contributed by atoms with Gasteiger partial charge in [0.05, 0.1) is 11.8 Å². The molecule has 9 heteroatoms. The Kier molecular flexibility index (Phi) is 4.06. The van der Waals surface area contributed by atoms with Crippen molar-refractivity contribution in [1.82, 2.24) is 20.0 Å². The summed E-state index contributed by atoms with van der Waals surface area (Å²) in [4.78, 5) is 3.81. The summed E-state index contributed by atoms with van der Waals surface area (Å²) in [6, 6.07) is 1.74. The lowest BCUT2D eigenvalue weighted by Crippen LogP contribution is -2.11. The van der Waals surface area contributed by atoms with E-state index in [0.29, 0.717) is 19.5 Å². The molecule has 20 heavy (non-hydrogen) atoms. The molecule has 0 fully saturated rings. The highest BCUT2D eigenvalue weighted by molar-refractivity contribution is 5.47. The van der Waals surface area contributed by atoms with Gasteiger partial charge in [0.1, 0.15) is 11.6 Å². The summed E-state index contributed by atoms with van der Waals surface area (Å²) in [5.74, 6) is -0.0606. The first-order valence-electron chi connectivity index (χ1n) is 5.88. The Morgan fingerprint density at radius 1 is 1.30 bits per heavy atom. The van der Waals surface area contributed by atoms with E-state index in [1.54, 1.807) is 17.1 Å². The molecule has 0 amide bonds. The molecule has 0 saturated carbocycles. The van der Waals surface area contributed by atoms with E-state index in [1.807, 2.05) is 0 Å². The molecule has 0 aromatic carbocycles. The maximum atomic E-state index is 12.6. The highest BCUT2D eigenvalue weighted by Gasteiger charge is 2.31. The van der Waals surface area contributed by atoms with Crippen molar-refractivity contribution in [3.05, 3.63) is 30.1 Å². The number of aromatic nitrogens is 4. The molecular weight excluding hydrogens is 273 g/mol. The normalized spacial score (nSPS) is 11.6. The van der Waals surface area contributed by atoms with Crippen molar-refractivity contribution in [2.24, 2.45) is 0 Å². The van der Waals surface area contributed by atoms with Gasteiger partial charge in [0.2, 0.25) is 0 Å². The average molecular weight is 286 g/mol. The molecule has 0 aliphatic heterocycles. The fraction of sp³-hybridized carbons (Fsp3) is 0.364. The number of nitrogens with two attached hydrogens (primary N) is 1. The number of nitrogens with zero attached hydrogens (tertiary/aromatic N) is 4. The fourth-order valence-electron chi connectivity index (χ4n) is 1.62. The Morgan fingerprint density at radius 2 is 2.10 bits per heavy atom. The van der Waals surface area contributed by atoms with Crippen LogP contribution in [-0.2, 0) is 12.7 Å². The van der Waals surface area contributed by atoms with E-state index in [9.17, 15) is 13.2 Å². The van der Waals surface area contributed by atoms with Gasteiger partial charge in [-0.05, 0) is 18.6 Å². The van der Waals surface area contributed by atoms with Crippen LogP contribution in [0.1, 0.15) is 12.0 Å². The van der Waals surface area contributed by atoms with Gasteiger partial charge in [-0.15, -0.1) is 5.10 Å². The first kappa shape index (κ1) is 14.1. The first-order chi connectivity index (χ1) is 9.45. The standard InChI is InChI=1S/C11H13F3N6/c12-11(13,14)8-6-9(15)18-10(7-8)16-2-1-4-20-5-3-17-19-20/h3,5-7H,1-2,4H2,(H3,15,16,18). The summed E-state index contributed by atoms with van der Waals surface area (Å²) in [5, 5.41) is 10.2. The summed E-state index contributed by atoms with van der Waals surface area (Å²) in [5.41, 5.74) is 4.55. The lowest BCUT2D eigenvalue weighted by atomic mass is 10.2. The number of pyridine rings is 1. The van der Waals surface area contributed by atoms with Crippen LogP contribution in [0.15, 0.2) is 24.5 Å². The molecule has 3 N–H and O–H groups in total. The number of nitrogen functional groups attached to an aromatic ring is 1. The van der Waals surface area contributed by atoms with Crippen molar-refractivity contribution < 1.29 is 13.2 Å². The van der Waals surface area contributed by atoms with Crippen molar-refractivity contribution in [2.45, 2.75) is 19.1 Å². The zero-order chi connectivity index (χ0) is 14.6. The van der Waals surface area contributed by atoms with Crippen molar-refractivity contribution in [3.63, 3.8) is 0 Å². The maximum absolute atomic E-state index is 12.6. The minimum absolute atomic E-state index is 0.107. The zero-order valence-corrected chi connectivity index (χ0v) is 10.4. The highest BCUT2D eigenvalue weighted by Crippen LogP contribution is 2.31. The number of rotatable bonds is 5. The van der Waals surface area contributed by atoms with Crippen LogP contribution in [0.2, 0.25) is 0 Å². The van der Waals surface area contributed by atoms with Crippen LogP contribution >= 0.6 is 0 Å². The smallest absolute Gasteiger partial charge is 0.384 e. The summed E-state index contributed by atoms with van der Waals surface area (Å²) in [6.07, 6.45) is -0.502. The molecule has 108 valence electrons. The number of alkyl halides is 3. The van der Waals surface area contributed by atoms with E-state index in [0.717, 1.165) is 12.1 Å². The second kappa shape index (κ2) is 5.76. The first-order valence-corrected chi connectivity index (χ1v) is 5.88. The number of hydrogen-bond acceptors (Lipinski definition) is 5. The van der Waals surface area contributed by atoms with Gasteiger partial charge in [-0.3, -0.25) is 4.68 Å². The van der Waals surface area contributed by atoms with Crippen LogP contribution in [0.3, 0.4) is 0 Å². The lowest BCUT2D eigenvalue weighted by Gasteiger charge is -2.11. The van der Waals surface area contributed by atoms with Gasteiger partial charge in [0.15, 0.2) is 0 Å². The number of halogens is 3. The monoisotopic (exact) mass is 286 g/mol. The number of anilines is 2. The summed E-state index contributed by atoms with van der Waals surface area (Å²) >= 11 is 0. The van der Waals surface area contributed by atoms with E-state index in [1.165, 1.54) is 0 Å². The second-order valence-corrected chi connectivity index (χ2v) is 4.11. The average Bonchev–Trinajstić information content (AvgIpc) is 2.86. The van der Waals surface area contributed by atoms with Crippen LogP contribution in [-0.4, -0.2) is 26.5 Å². The Bertz CT molecular complexity index is 552. The predicted octanol–water partition coefficient (Wildman–Crippen LogP) is 1.78. The molecule has 2 aromatic heterocycles. The Labute approximate surface area is 112 Å². The van der Waals surface area contributed by atoms with E-state index in [4.69, 9.17) is 5.73 Å². The number of aryl methyl sites for hydroxylation is 1. The van der Waals surface area contributed by atoms with Gasteiger partial charge < -0.3 is 11.1 Å². The second-order valence-electron chi connectivity index (χ2n) is 4.11. The topological polar surface area (TPSA) is 81.6 Å². The quantitative estimate of drug-likeness (QED) is 0.819. The molecule has 0 aliphatic rings. The summed E-state index contributed by atoms with van der Waals surface area (Å²) < 4.78 is 39.4.